The summed E-state index contributed by atoms with van der Waals surface area (Å²) in [6.07, 6.45) is 8.00. The van der Waals surface area contributed by atoms with Crippen molar-refractivity contribution in [1.29, 1.82) is 0 Å². The van der Waals surface area contributed by atoms with Crippen LogP contribution in [0.15, 0.2) is 43.0 Å². The standard InChI is InChI=1S/C26H27N9O3/c1-16-14-38-24-18(25-30-31-32-35(16)25)3-2-4-19(24)29-26(36)20-11-22(34-13-21(28-15-34)17-5-6-17)23(12-27-20)33-7-9-37-10-8-33/h2-4,11-13,15-17H,5-10,14H2,1H3,(H,29,36)/t16-/m1/s1. The fourth-order valence-electron chi connectivity index (χ4n) is 4.97. The zero-order valence-electron chi connectivity index (χ0n) is 20.9. The van der Waals surface area contributed by atoms with Crippen LogP contribution in [0, 0.1) is 0 Å². The molecule has 0 bridgehead atoms. The average molecular weight is 514 g/mol. The van der Waals surface area contributed by atoms with E-state index in [1.165, 1.54) is 12.8 Å². The van der Waals surface area contributed by atoms with Gasteiger partial charge in [-0.25, -0.2) is 14.6 Å². The minimum atomic E-state index is -0.337. The highest BCUT2D eigenvalue weighted by Crippen LogP contribution is 2.40. The molecule has 38 heavy (non-hydrogen) atoms. The number of imidazole rings is 1. The summed E-state index contributed by atoms with van der Waals surface area (Å²) < 4.78 is 15.4. The molecule has 1 atom stereocenters. The van der Waals surface area contributed by atoms with Crippen LogP contribution >= 0.6 is 0 Å². The third-order valence-corrected chi connectivity index (χ3v) is 7.21. The number of carbonyl (C=O) groups excluding carboxylic acids is 1. The molecular weight excluding hydrogens is 486 g/mol. The monoisotopic (exact) mass is 513 g/mol. The smallest absolute Gasteiger partial charge is 0.274 e. The number of hydrogen-bond acceptors (Lipinski definition) is 9. The van der Waals surface area contributed by atoms with Crippen LogP contribution in [-0.2, 0) is 4.74 Å². The van der Waals surface area contributed by atoms with Crippen molar-refractivity contribution in [2.24, 2.45) is 0 Å². The van der Waals surface area contributed by atoms with E-state index in [0.717, 1.165) is 35.7 Å². The number of ether oxygens (including phenoxy) is 2. The third kappa shape index (κ3) is 4.06. The number of para-hydroxylation sites is 1. The summed E-state index contributed by atoms with van der Waals surface area (Å²) >= 11 is 0. The number of benzene rings is 1. The highest BCUT2D eigenvalue weighted by atomic mass is 16.5. The Balaban J connectivity index is 1.23. The highest BCUT2D eigenvalue weighted by molar-refractivity contribution is 6.05. The third-order valence-electron chi connectivity index (χ3n) is 7.21. The lowest BCUT2D eigenvalue weighted by Gasteiger charge is -2.30. The number of fused-ring (bicyclic) bond motifs is 3. The zero-order chi connectivity index (χ0) is 25.6. The Morgan fingerprint density at radius 3 is 2.84 bits per heavy atom. The SMILES string of the molecule is C[C@@H]1COc2c(NC(=O)c3cc(-n4cnc(C5CC5)c4)c(N4CCOCC4)cn3)cccc2-c2nnnn21. The molecule has 1 aromatic carbocycles. The summed E-state index contributed by atoms with van der Waals surface area (Å²) in [5.41, 5.74) is 4.45. The Morgan fingerprint density at radius 2 is 2.00 bits per heavy atom. The minimum Gasteiger partial charge on any atom is -0.488 e. The number of anilines is 2. The lowest BCUT2D eigenvalue weighted by Crippen LogP contribution is -2.37. The number of morpholine rings is 1. The summed E-state index contributed by atoms with van der Waals surface area (Å²) in [7, 11) is 0. The molecule has 1 saturated carbocycles. The number of amides is 1. The molecular formula is C26H27N9O3. The van der Waals surface area contributed by atoms with E-state index in [1.54, 1.807) is 10.9 Å². The van der Waals surface area contributed by atoms with E-state index in [2.05, 4.69) is 41.9 Å². The van der Waals surface area contributed by atoms with Gasteiger partial charge >= 0.3 is 0 Å². The Kier molecular flexibility index (Phi) is 5.54. The Labute approximate surface area is 218 Å². The van der Waals surface area contributed by atoms with Crippen LogP contribution in [-0.4, -0.2) is 73.6 Å². The van der Waals surface area contributed by atoms with Crippen LogP contribution in [0.4, 0.5) is 11.4 Å². The van der Waals surface area contributed by atoms with Crippen LogP contribution in [0.25, 0.3) is 17.1 Å². The van der Waals surface area contributed by atoms with Gasteiger partial charge in [0, 0.05) is 25.2 Å². The number of carbonyl (C=O) groups is 1. The molecule has 3 aliphatic rings. The van der Waals surface area contributed by atoms with Gasteiger partial charge < -0.3 is 24.3 Å². The summed E-state index contributed by atoms with van der Waals surface area (Å²) in [6, 6.07) is 7.31. The topological polar surface area (TPSA) is 125 Å². The van der Waals surface area contributed by atoms with E-state index in [0.29, 0.717) is 48.7 Å². The molecule has 4 aromatic rings. The molecule has 2 aliphatic heterocycles. The Bertz CT molecular complexity index is 1500. The van der Waals surface area contributed by atoms with Gasteiger partial charge in [0.2, 0.25) is 0 Å². The molecule has 1 amide bonds. The van der Waals surface area contributed by atoms with Crippen LogP contribution < -0.4 is 15.0 Å². The van der Waals surface area contributed by atoms with Crippen molar-refractivity contribution < 1.29 is 14.3 Å². The maximum Gasteiger partial charge on any atom is 0.274 e. The highest BCUT2D eigenvalue weighted by Gasteiger charge is 2.28. The molecule has 2 fully saturated rings. The number of tetrazole rings is 1. The van der Waals surface area contributed by atoms with E-state index in [-0.39, 0.29) is 11.9 Å². The van der Waals surface area contributed by atoms with E-state index in [4.69, 9.17) is 9.47 Å². The van der Waals surface area contributed by atoms with Crippen LogP contribution in [0.2, 0.25) is 0 Å². The second-order valence-corrected chi connectivity index (χ2v) is 9.88. The molecule has 12 nitrogen and oxygen atoms in total. The van der Waals surface area contributed by atoms with Gasteiger partial charge in [0.25, 0.3) is 5.91 Å². The van der Waals surface area contributed by atoms with Crippen molar-refractivity contribution in [3.05, 3.63) is 54.4 Å². The fraction of sp³-hybridized carbons (Fsp3) is 0.385. The number of hydrogen-bond donors (Lipinski definition) is 1. The van der Waals surface area contributed by atoms with Crippen molar-refractivity contribution in [2.45, 2.75) is 31.7 Å². The number of pyridine rings is 1. The second-order valence-electron chi connectivity index (χ2n) is 9.88. The lowest BCUT2D eigenvalue weighted by molar-refractivity contribution is 0.102. The van der Waals surface area contributed by atoms with Gasteiger partial charge in [-0.05, 0) is 48.4 Å². The van der Waals surface area contributed by atoms with E-state index < -0.39 is 0 Å². The van der Waals surface area contributed by atoms with Crippen molar-refractivity contribution in [2.75, 3.05) is 43.1 Å². The molecule has 1 N–H and O–H groups in total. The summed E-state index contributed by atoms with van der Waals surface area (Å²) in [5, 5.41) is 15.1. The van der Waals surface area contributed by atoms with Gasteiger partial charge in [-0.3, -0.25) is 4.79 Å². The molecule has 3 aromatic heterocycles. The molecule has 12 heteroatoms. The predicted molar refractivity (Wildman–Crippen MR) is 138 cm³/mol. The normalized spacial score (nSPS) is 18.8. The molecule has 5 heterocycles. The maximum atomic E-state index is 13.5. The minimum absolute atomic E-state index is 0.0522. The van der Waals surface area contributed by atoms with E-state index in [9.17, 15) is 4.79 Å². The average Bonchev–Trinajstić information content (AvgIpc) is 3.51. The Morgan fingerprint density at radius 1 is 1.13 bits per heavy atom. The van der Waals surface area contributed by atoms with Gasteiger partial charge in [-0.2, -0.15) is 0 Å². The quantitative estimate of drug-likeness (QED) is 0.429. The number of rotatable bonds is 5. The van der Waals surface area contributed by atoms with Gasteiger partial charge in [0.15, 0.2) is 11.6 Å². The summed E-state index contributed by atoms with van der Waals surface area (Å²) in [4.78, 5) is 24.9. The van der Waals surface area contributed by atoms with E-state index in [1.807, 2.05) is 42.1 Å². The first-order valence-electron chi connectivity index (χ1n) is 12.9. The molecule has 7 rings (SSSR count). The van der Waals surface area contributed by atoms with Crippen molar-refractivity contribution in [1.82, 2.24) is 34.7 Å². The largest absolute Gasteiger partial charge is 0.488 e. The van der Waals surface area contributed by atoms with Gasteiger partial charge in [-0.1, -0.05) is 6.07 Å². The fourth-order valence-corrected chi connectivity index (χ4v) is 4.97. The van der Waals surface area contributed by atoms with Gasteiger partial charge in [0.1, 0.15) is 12.3 Å². The first kappa shape index (κ1) is 22.8. The first-order chi connectivity index (χ1) is 18.7. The maximum absolute atomic E-state index is 13.5. The van der Waals surface area contributed by atoms with Crippen molar-refractivity contribution in [3.8, 4) is 22.8 Å². The van der Waals surface area contributed by atoms with Gasteiger partial charge in [0.05, 0.1) is 60.1 Å². The first-order valence-corrected chi connectivity index (χ1v) is 12.9. The van der Waals surface area contributed by atoms with Crippen LogP contribution in [0.1, 0.15) is 47.9 Å². The molecule has 194 valence electrons. The summed E-state index contributed by atoms with van der Waals surface area (Å²) in [5.74, 6) is 1.33. The van der Waals surface area contributed by atoms with Crippen LogP contribution in [0.5, 0.6) is 5.75 Å². The van der Waals surface area contributed by atoms with Crippen molar-refractivity contribution in [3.63, 3.8) is 0 Å². The lowest BCUT2D eigenvalue weighted by atomic mass is 10.1. The van der Waals surface area contributed by atoms with Crippen molar-refractivity contribution >= 4 is 17.3 Å². The van der Waals surface area contributed by atoms with Gasteiger partial charge in [-0.15, -0.1) is 5.10 Å². The second kappa shape index (κ2) is 9.21. The van der Waals surface area contributed by atoms with Crippen LogP contribution in [0.3, 0.4) is 0 Å². The van der Waals surface area contributed by atoms with E-state index >= 15 is 0 Å². The molecule has 0 radical (unpaired) electrons. The molecule has 1 saturated heterocycles. The molecule has 1 aliphatic carbocycles. The number of nitrogens with zero attached hydrogens (tertiary/aromatic N) is 8. The Hall–Kier alpha value is -4.32. The number of aromatic nitrogens is 7. The predicted octanol–water partition coefficient (Wildman–Crippen LogP) is 2.84. The molecule has 0 spiro atoms. The zero-order valence-corrected chi connectivity index (χ0v) is 20.9. The number of nitrogens with one attached hydrogen (secondary N) is 1. The molecule has 0 unspecified atom stereocenters. The summed E-state index contributed by atoms with van der Waals surface area (Å²) in [6.45, 7) is 5.18.